The summed E-state index contributed by atoms with van der Waals surface area (Å²) in [5, 5.41) is 0.953. The van der Waals surface area contributed by atoms with Crippen LogP contribution in [0.15, 0.2) is 18.2 Å². The van der Waals surface area contributed by atoms with Crippen molar-refractivity contribution >= 4 is 29.1 Å². The number of rotatable bonds is 7. The maximum absolute atomic E-state index is 12.3. The molecule has 112 valence electrons. The maximum Gasteiger partial charge on any atom is 0.263 e. The fourth-order valence-electron chi connectivity index (χ4n) is 1.94. The molecule has 0 N–H and O–H groups in total. The summed E-state index contributed by atoms with van der Waals surface area (Å²) < 4.78 is 5.65. The molecule has 0 fully saturated rings. The third kappa shape index (κ3) is 4.88. The maximum atomic E-state index is 12.3. The molecule has 0 aliphatic carbocycles. The van der Waals surface area contributed by atoms with Crippen molar-refractivity contribution in [2.45, 2.75) is 39.7 Å². The minimum Gasteiger partial charge on any atom is -0.479 e. The van der Waals surface area contributed by atoms with Gasteiger partial charge in [-0.1, -0.05) is 37.0 Å². The number of hydrogen-bond acceptors (Lipinski definition) is 2. The lowest BCUT2D eigenvalue weighted by Gasteiger charge is -2.25. The van der Waals surface area contributed by atoms with Gasteiger partial charge < -0.3 is 9.64 Å². The second-order valence-electron chi connectivity index (χ2n) is 4.66. The lowest BCUT2D eigenvalue weighted by atomic mass is 10.2. The molecule has 20 heavy (non-hydrogen) atoms. The Bertz CT molecular complexity index is 445. The van der Waals surface area contributed by atoms with E-state index in [1.165, 1.54) is 0 Å². The number of nitrogens with zero attached hydrogens (tertiary/aromatic N) is 1. The quantitative estimate of drug-likeness (QED) is 0.745. The van der Waals surface area contributed by atoms with Crippen molar-refractivity contribution in [3.63, 3.8) is 0 Å². The third-order valence-corrected chi connectivity index (χ3v) is 3.37. The second-order valence-corrected chi connectivity index (χ2v) is 5.50. The first-order chi connectivity index (χ1) is 9.49. The fourth-order valence-corrected chi connectivity index (χ4v) is 2.39. The van der Waals surface area contributed by atoms with E-state index in [1.54, 1.807) is 25.1 Å². The van der Waals surface area contributed by atoms with Crippen molar-refractivity contribution in [1.82, 2.24) is 4.90 Å². The van der Waals surface area contributed by atoms with Crippen LogP contribution in [0.25, 0.3) is 0 Å². The van der Waals surface area contributed by atoms with Gasteiger partial charge >= 0.3 is 0 Å². The second kappa shape index (κ2) is 8.38. The van der Waals surface area contributed by atoms with Gasteiger partial charge in [-0.15, -0.1) is 0 Å². The van der Waals surface area contributed by atoms with Crippen LogP contribution in [0.1, 0.15) is 33.6 Å². The first-order valence-corrected chi connectivity index (χ1v) is 7.65. The molecule has 5 heteroatoms. The molecule has 1 aromatic carbocycles. The Morgan fingerprint density at radius 1 is 1.25 bits per heavy atom. The van der Waals surface area contributed by atoms with E-state index in [0.717, 1.165) is 25.9 Å². The summed E-state index contributed by atoms with van der Waals surface area (Å²) in [6.07, 6.45) is 1.30. The van der Waals surface area contributed by atoms with Gasteiger partial charge in [0.1, 0.15) is 5.75 Å². The molecule has 1 atom stereocenters. The molecule has 0 aliphatic rings. The highest BCUT2D eigenvalue weighted by atomic mass is 35.5. The Balaban J connectivity index is 2.73. The van der Waals surface area contributed by atoms with Crippen LogP contribution < -0.4 is 4.74 Å². The highest BCUT2D eigenvalue weighted by Gasteiger charge is 2.21. The Hall–Kier alpha value is -0.930. The average Bonchev–Trinajstić information content (AvgIpc) is 2.40. The van der Waals surface area contributed by atoms with Crippen LogP contribution in [0.4, 0.5) is 0 Å². The molecule has 0 radical (unpaired) electrons. The van der Waals surface area contributed by atoms with Gasteiger partial charge in [-0.05, 0) is 38.0 Å². The van der Waals surface area contributed by atoms with E-state index in [2.05, 4.69) is 13.8 Å². The molecule has 0 unspecified atom stereocenters. The zero-order valence-corrected chi connectivity index (χ0v) is 13.7. The van der Waals surface area contributed by atoms with Crippen molar-refractivity contribution in [2.75, 3.05) is 13.1 Å². The molecule has 3 nitrogen and oxygen atoms in total. The zero-order chi connectivity index (χ0) is 15.1. The van der Waals surface area contributed by atoms with E-state index in [4.69, 9.17) is 27.9 Å². The van der Waals surface area contributed by atoms with E-state index in [9.17, 15) is 4.79 Å². The number of halogens is 2. The minimum absolute atomic E-state index is 0.0142. The minimum atomic E-state index is -0.563. The predicted octanol–water partition coefficient (Wildman–Crippen LogP) is 4.41. The Morgan fingerprint density at radius 2 is 1.85 bits per heavy atom. The Kier molecular flexibility index (Phi) is 7.17. The topological polar surface area (TPSA) is 29.5 Å². The van der Waals surface area contributed by atoms with Crippen LogP contribution in [0.3, 0.4) is 0 Å². The summed E-state index contributed by atoms with van der Waals surface area (Å²) in [5.41, 5.74) is 0. The van der Waals surface area contributed by atoms with Crippen LogP contribution in [0.5, 0.6) is 5.75 Å². The fraction of sp³-hybridized carbons (Fsp3) is 0.533. The highest BCUT2D eigenvalue weighted by molar-refractivity contribution is 6.35. The first-order valence-electron chi connectivity index (χ1n) is 6.90. The van der Waals surface area contributed by atoms with E-state index in [1.807, 2.05) is 4.90 Å². The van der Waals surface area contributed by atoms with Crippen molar-refractivity contribution < 1.29 is 9.53 Å². The smallest absolute Gasteiger partial charge is 0.263 e. The van der Waals surface area contributed by atoms with E-state index in [-0.39, 0.29) is 5.91 Å². The van der Waals surface area contributed by atoms with Gasteiger partial charge in [0.15, 0.2) is 6.10 Å². The number of hydrogen-bond donors (Lipinski definition) is 0. The first kappa shape index (κ1) is 17.1. The Labute approximate surface area is 130 Å². The van der Waals surface area contributed by atoms with Crippen molar-refractivity contribution in [3.8, 4) is 5.75 Å². The highest BCUT2D eigenvalue weighted by Crippen LogP contribution is 2.28. The summed E-state index contributed by atoms with van der Waals surface area (Å²) >= 11 is 11.9. The summed E-state index contributed by atoms with van der Waals surface area (Å²) in [6.45, 7) is 7.34. The molecule has 1 rings (SSSR count). The van der Waals surface area contributed by atoms with Gasteiger partial charge in [-0.2, -0.15) is 0 Å². The lowest BCUT2D eigenvalue weighted by Crippen LogP contribution is -2.41. The largest absolute Gasteiger partial charge is 0.479 e. The van der Waals surface area contributed by atoms with Crippen molar-refractivity contribution in [3.05, 3.63) is 28.2 Å². The third-order valence-electron chi connectivity index (χ3n) is 2.84. The predicted molar refractivity (Wildman–Crippen MR) is 83.7 cm³/mol. The molecule has 0 heterocycles. The average molecular weight is 318 g/mol. The summed E-state index contributed by atoms with van der Waals surface area (Å²) in [5.74, 6) is 0.463. The van der Waals surface area contributed by atoms with Gasteiger partial charge in [-0.25, -0.2) is 0 Å². The molecule has 0 aromatic heterocycles. The number of carbonyl (C=O) groups is 1. The monoisotopic (exact) mass is 317 g/mol. The molecule has 1 amide bonds. The number of amides is 1. The SMILES string of the molecule is CCCN(CCC)C(=O)[C@@H](C)Oc1ccc(Cl)cc1Cl. The molecule has 0 saturated carbocycles. The molecular weight excluding hydrogens is 297 g/mol. The molecule has 0 saturated heterocycles. The van der Waals surface area contributed by atoms with Gasteiger partial charge in [0.2, 0.25) is 0 Å². The zero-order valence-electron chi connectivity index (χ0n) is 12.2. The van der Waals surface area contributed by atoms with E-state index < -0.39 is 6.10 Å². The van der Waals surface area contributed by atoms with Gasteiger partial charge in [0, 0.05) is 18.1 Å². The van der Waals surface area contributed by atoms with Gasteiger partial charge in [-0.3, -0.25) is 4.79 Å². The van der Waals surface area contributed by atoms with Gasteiger partial charge in [0.25, 0.3) is 5.91 Å². The normalized spacial score (nSPS) is 12.1. The number of carbonyl (C=O) groups excluding carboxylic acids is 1. The van der Waals surface area contributed by atoms with Crippen LogP contribution in [0, 0.1) is 0 Å². The van der Waals surface area contributed by atoms with Crippen LogP contribution in [-0.2, 0) is 4.79 Å². The number of ether oxygens (including phenoxy) is 1. The number of benzene rings is 1. The van der Waals surface area contributed by atoms with Crippen LogP contribution >= 0.6 is 23.2 Å². The van der Waals surface area contributed by atoms with Gasteiger partial charge in [0.05, 0.1) is 5.02 Å². The standard InChI is InChI=1S/C15H21Cl2NO2/c1-4-8-18(9-5-2)15(19)11(3)20-14-7-6-12(16)10-13(14)17/h6-7,10-11H,4-5,8-9H2,1-3H3/t11-/m1/s1. The molecule has 0 bridgehead atoms. The summed E-state index contributed by atoms with van der Waals surface area (Å²) in [7, 11) is 0. The molecule has 0 aliphatic heterocycles. The summed E-state index contributed by atoms with van der Waals surface area (Å²) in [4.78, 5) is 14.2. The van der Waals surface area contributed by atoms with Crippen molar-refractivity contribution in [2.24, 2.45) is 0 Å². The van der Waals surface area contributed by atoms with Crippen LogP contribution in [0.2, 0.25) is 10.0 Å². The van der Waals surface area contributed by atoms with E-state index >= 15 is 0 Å². The molecular formula is C15H21Cl2NO2. The summed E-state index contributed by atoms with van der Waals surface area (Å²) in [6, 6.07) is 4.97. The van der Waals surface area contributed by atoms with Crippen LogP contribution in [-0.4, -0.2) is 30.0 Å². The van der Waals surface area contributed by atoms with Crippen molar-refractivity contribution in [1.29, 1.82) is 0 Å². The molecule has 1 aromatic rings. The Morgan fingerprint density at radius 3 is 2.35 bits per heavy atom. The lowest BCUT2D eigenvalue weighted by molar-refractivity contribution is -0.138. The molecule has 0 spiro atoms. The van der Waals surface area contributed by atoms with E-state index in [0.29, 0.717) is 15.8 Å².